The topological polar surface area (TPSA) is 34.1 Å². The SMILES string of the molecule is O=C(S)c1ccc(Sc2ccc(C(=O)S)c(-c3ccccc3)c2)cc1-c1ccccc1. The average molecular weight is 459 g/mol. The zero-order valence-corrected chi connectivity index (χ0v) is 19.0. The van der Waals surface area contributed by atoms with Crippen molar-refractivity contribution in [1.29, 1.82) is 0 Å². The van der Waals surface area contributed by atoms with Gasteiger partial charge in [-0.1, -0.05) is 72.4 Å². The van der Waals surface area contributed by atoms with E-state index in [2.05, 4.69) is 25.3 Å². The van der Waals surface area contributed by atoms with E-state index in [1.807, 2.05) is 97.1 Å². The molecule has 0 aromatic heterocycles. The van der Waals surface area contributed by atoms with Gasteiger partial charge in [-0.25, -0.2) is 0 Å². The van der Waals surface area contributed by atoms with E-state index in [9.17, 15) is 9.59 Å². The molecule has 0 aliphatic heterocycles. The molecular formula is C26H18O2S3. The summed E-state index contributed by atoms with van der Waals surface area (Å²) < 4.78 is 0. The van der Waals surface area contributed by atoms with Crippen LogP contribution in [0.2, 0.25) is 0 Å². The van der Waals surface area contributed by atoms with Crippen LogP contribution in [0.15, 0.2) is 107 Å². The normalized spacial score (nSPS) is 10.6. The van der Waals surface area contributed by atoms with Gasteiger partial charge < -0.3 is 0 Å². The van der Waals surface area contributed by atoms with Crippen molar-refractivity contribution < 1.29 is 9.59 Å². The molecule has 4 rings (SSSR count). The van der Waals surface area contributed by atoms with Crippen LogP contribution in [0.3, 0.4) is 0 Å². The second-order valence-electron chi connectivity index (χ2n) is 6.86. The fraction of sp³-hybridized carbons (Fsp3) is 0. The molecule has 0 saturated heterocycles. The minimum atomic E-state index is -0.265. The van der Waals surface area contributed by atoms with Gasteiger partial charge in [0.15, 0.2) is 0 Å². The van der Waals surface area contributed by atoms with Crippen LogP contribution in [0, 0.1) is 0 Å². The summed E-state index contributed by atoms with van der Waals surface area (Å²) in [5, 5.41) is -0.531. The average Bonchev–Trinajstić information content (AvgIpc) is 2.80. The molecule has 0 aliphatic carbocycles. The highest BCUT2D eigenvalue weighted by Gasteiger charge is 2.14. The van der Waals surface area contributed by atoms with Crippen LogP contribution >= 0.6 is 37.0 Å². The second kappa shape index (κ2) is 9.60. The first-order valence-corrected chi connectivity index (χ1v) is 11.3. The quantitative estimate of drug-likeness (QED) is 0.297. The number of hydrogen-bond donors (Lipinski definition) is 2. The summed E-state index contributed by atoms with van der Waals surface area (Å²) in [5.74, 6) is 0. The molecule has 0 bridgehead atoms. The van der Waals surface area contributed by atoms with Gasteiger partial charge in [-0.05, 0) is 58.7 Å². The third kappa shape index (κ3) is 4.96. The van der Waals surface area contributed by atoms with Crippen LogP contribution in [0.1, 0.15) is 20.7 Å². The molecule has 0 spiro atoms. The molecule has 152 valence electrons. The number of benzene rings is 4. The second-order valence-corrected chi connectivity index (χ2v) is 8.82. The van der Waals surface area contributed by atoms with Crippen molar-refractivity contribution in [3.05, 3.63) is 108 Å². The maximum Gasteiger partial charge on any atom is 0.216 e. The number of hydrogen-bond acceptors (Lipinski definition) is 3. The number of thiol groups is 2. The van der Waals surface area contributed by atoms with E-state index in [1.54, 1.807) is 11.8 Å². The van der Waals surface area contributed by atoms with Gasteiger partial charge in [0, 0.05) is 20.9 Å². The van der Waals surface area contributed by atoms with Crippen LogP contribution in [0.5, 0.6) is 0 Å². The van der Waals surface area contributed by atoms with Gasteiger partial charge in [0.25, 0.3) is 0 Å². The third-order valence-corrected chi connectivity index (χ3v) is 6.31. The van der Waals surface area contributed by atoms with Crippen molar-refractivity contribution in [3.63, 3.8) is 0 Å². The van der Waals surface area contributed by atoms with Crippen LogP contribution in [-0.4, -0.2) is 10.2 Å². The maximum atomic E-state index is 12.0. The molecule has 5 heteroatoms. The first-order valence-electron chi connectivity index (χ1n) is 9.56. The lowest BCUT2D eigenvalue weighted by Gasteiger charge is -2.12. The highest BCUT2D eigenvalue weighted by molar-refractivity contribution is 7.99. The molecule has 0 heterocycles. The Kier molecular flexibility index (Phi) is 6.66. The molecule has 4 aromatic carbocycles. The van der Waals surface area contributed by atoms with Gasteiger partial charge in [-0.2, -0.15) is 0 Å². The zero-order chi connectivity index (χ0) is 21.8. The van der Waals surface area contributed by atoms with Crippen molar-refractivity contribution in [3.8, 4) is 22.3 Å². The summed E-state index contributed by atoms with van der Waals surface area (Å²) in [6.07, 6.45) is 0. The smallest absolute Gasteiger partial charge is 0.216 e. The molecule has 0 saturated carbocycles. The van der Waals surface area contributed by atoms with Gasteiger partial charge in [0.2, 0.25) is 10.2 Å². The molecule has 0 N–H and O–H groups in total. The Morgan fingerprint density at radius 3 is 1.29 bits per heavy atom. The predicted octanol–water partition coefficient (Wildman–Crippen LogP) is 7.31. The third-order valence-electron chi connectivity index (χ3n) is 4.85. The summed E-state index contributed by atoms with van der Waals surface area (Å²) in [7, 11) is 0. The van der Waals surface area contributed by atoms with E-state index in [0.717, 1.165) is 32.0 Å². The first kappa shape index (κ1) is 21.5. The first-order chi connectivity index (χ1) is 15.0. The molecule has 0 unspecified atom stereocenters. The number of carbonyl (C=O) groups excluding carboxylic acids is 2. The Balaban J connectivity index is 1.74. The Labute approximate surface area is 196 Å². The number of carbonyl (C=O) groups is 2. The number of rotatable bonds is 6. The molecular weight excluding hydrogens is 440 g/mol. The van der Waals surface area contributed by atoms with E-state index in [-0.39, 0.29) is 10.2 Å². The highest BCUT2D eigenvalue weighted by Crippen LogP contribution is 2.36. The Morgan fingerprint density at radius 1 is 0.548 bits per heavy atom. The van der Waals surface area contributed by atoms with Crippen molar-refractivity contribution in [1.82, 2.24) is 0 Å². The molecule has 0 fully saturated rings. The fourth-order valence-corrected chi connectivity index (χ4v) is 4.68. The Bertz CT molecular complexity index is 1150. The molecule has 0 amide bonds. The summed E-state index contributed by atoms with van der Waals surface area (Å²) in [6, 6.07) is 31.0. The minimum absolute atomic E-state index is 0.265. The lowest BCUT2D eigenvalue weighted by atomic mass is 10.0. The fourth-order valence-electron chi connectivity index (χ4n) is 3.40. The van der Waals surface area contributed by atoms with Crippen LogP contribution in [0.4, 0.5) is 0 Å². The van der Waals surface area contributed by atoms with Gasteiger partial charge in [0.1, 0.15) is 0 Å². The molecule has 0 radical (unpaired) electrons. The minimum Gasteiger partial charge on any atom is -0.282 e. The van der Waals surface area contributed by atoms with E-state index in [1.165, 1.54) is 0 Å². The van der Waals surface area contributed by atoms with Crippen molar-refractivity contribution in [2.45, 2.75) is 9.79 Å². The standard InChI is InChI=1S/C26H18O2S3/c27-25(29)21-13-11-19(15-23(21)17-7-3-1-4-8-17)31-20-12-14-22(26(28)30)24(16-20)18-9-5-2-6-10-18/h1-16H,(H,27,29)(H,28,30). The van der Waals surface area contributed by atoms with E-state index >= 15 is 0 Å². The maximum absolute atomic E-state index is 12.0. The van der Waals surface area contributed by atoms with Crippen molar-refractivity contribution >= 4 is 47.3 Å². The molecule has 0 aliphatic rings. The highest BCUT2D eigenvalue weighted by atomic mass is 32.2. The predicted molar refractivity (Wildman–Crippen MR) is 135 cm³/mol. The van der Waals surface area contributed by atoms with Gasteiger partial charge >= 0.3 is 0 Å². The van der Waals surface area contributed by atoms with E-state index in [4.69, 9.17) is 0 Å². The summed E-state index contributed by atoms with van der Waals surface area (Å²) in [6.45, 7) is 0. The van der Waals surface area contributed by atoms with E-state index < -0.39 is 0 Å². The lowest BCUT2D eigenvalue weighted by molar-refractivity contribution is 0.108. The van der Waals surface area contributed by atoms with Crippen molar-refractivity contribution in [2.75, 3.05) is 0 Å². The van der Waals surface area contributed by atoms with Crippen LogP contribution < -0.4 is 0 Å². The Morgan fingerprint density at radius 2 is 0.935 bits per heavy atom. The molecule has 31 heavy (non-hydrogen) atoms. The van der Waals surface area contributed by atoms with E-state index in [0.29, 0.717) is 11.1 Å². The molecule has 2 nitrogen and oxygen atoms in total. The Hall–Kier alpha value is -2.73. The van der Waals surface area contributed by atoms with Crippen LogP contribution in [-0.2, 0) is 0 Å². The van der Waals surface area contributed by atoms with Gasteiger partial charge in [0.05, 0.1) is 0 Å². The van der Waals surface area contributed by atoms with Gasteiger partial charge in [-0.3, -0.25) is 9.59 Å². The summed E-state index contributed by atoms with van der Waals surface area (Å²) >= 11 is 9.65. The molecule has 4 aromatic rings. The largest absolute Gasteiger partial charge is 0.282 e. The van der Waals surface area contributed by atoms with Gasteiger partial charge in [-0.15, -0.1) is 25.3 Å². The summed E-state index contributed by atoms with van der Waals surface area (Å²) in [4.78, 5) is 26.0. The molecule has 0 atom stereocenters. The zero-order valence-electron chi connectivity index (χ0n) is 16.4. The lowest BCUT2D eigenvalue weighted by Crippen LogP contribution is -1.95. The van der Waals surface area contributed by atoms with Crippen LogP contribution in [0.25, 0.3) is 22.3 Å². The van der Waals surface area contributed by atoms with Crippen molar-refractivity contribution in [2.24, 2.45) is 0 Å². The monoisotopic (exact) mass is 458 g/mol. The summed E-state index contributed by atoms with van der Waals surface area (Å²) in [5.41, 5.74) is 4.75.